The van der Waals surface area contributed by atoms with Gasteiger partial charge in [-0.05, 0) is 60.5 Å². The minimum Gasteiger partial charge on any atom is -0.457 e. The van der Waals surface area contributed by atoms with Crippen molar-refractivity contribution in [3.63, 3.8) is 0 Å². The molecule has 4 nitrogen and oxygen atoms in total. The summed E-state index contributed by atoms with van der Waals surface area (Å²) in [5.74, 6) is -0.0248. The van der Waals surface area contributed by atoms with Crippen molar-refractivity contribution >= 4 is 5.97 Å². The second kappa shape index (κ2) is 8.96. The molecule has 0 aliphatic carbocycles. The van der Waals surface area contributed by atoms with Gasteiger partial charge in [-0.1, -0.05) is 30.3 Å². The van der Waals surface area contributed by atoms with Gasteiger partial charge in [-0.25, -0.2) is 4.39 Å². The Morgan fingerprint density at radius 1 is 0.852 bits per heavy atom. The van der Waals surface area contributed by atoms with E-state index in [1.807, 2.05) is 54.6 Å². The van der Waals surface area contributed by atoms with Crippen molar-refractivity contribution in [3.8, 4) is 17.2 Å². The molecular formula is C22H19FO4. The van der Waals surface area contributed by atoms with Gasteiger partial charge < -0.3 is 14.6 Å². The van der Waals surface area contributed by atoms with Crippen molar-refractivity contribution in [3.05, 3.63) is 90.2 Å². The van der Waals surface area contributed by atoms with E-state index in [-0.39, 0.29) is 12.4 Å². The van der Waals surface area contributed by atoms with E-state index in [2.05, 4.69) is 0 Å². The molecular weight excluding hydrogens is 347 g/mol. The molecule has 0 aromatic heterocycles. The Bertz CT molecular complexity index is 861. The fourth-order valence-electron chi connectivity index (χ4n) is 2.53. The van der Waals surface area contributed by atoms with Crippen molar-refractivity contribution in [1.82, 2.24) is 0 Å². The maximum absolute atomic E-state index is 12.9. The molecule has 5 heteroatoms. The van der Waals surface area contributed by atoms with Crippen molar-refractivity contribution in [2.75, 3.05) is 6.61 Å². The molecule has 0 aliphatic heterocycles. The molecule has 3 aromatic rings. The van der Waals surface area contributed by atoms with Crippen LogP contribution >= 0.6 is 0 Å². The first-order valence-electron chi connectivity index (χ1n) is 8.54. The molecule has 0 bridgehead atoms. The summed E-state index contributed by atoms with van der Waals surface area (Å²) in [7, 11) is 0. The average Bonchev–Trinajstić information content (AvgIpc) is 2.70. The second-order valence-electron chi connectivity index (χ2n) is 6.02. The van der Waals surface area contributed by atoms with Crippen LogP contribution in [0.25, 0.3) is 0 Å². The van der Waals surface area contributed by atoms with Crippen LogP contribution in [0.1, 0.15) is 5.56 Å². The highest BCUT2D eigenvalue weighted by Crippen LogP contribution is 2.22. The zero-order valence-corrected chi connectivity index (χ0v) is 14.5. The number of rotatable bonds is 7. The van der Waals surface area contributed by atoms with Crippen molar-refractivity contribution in [1.29, 1.82) is 0 Å². The Morgan fingerprint density at radius 3 is 2.07 bits per heavy atom. The summed E-state index contributed by atoms with van der Waals surface area (Å²) in [6.45, 7) is -0.345. The largest absolute Gasteiger partial charge is 0.457 e. The van der Waals surface area contributed by atoms with Crippen LogP contribution in [-0.2, 0) is 11.2 Å². The highest BCUT2D eigenvalue weighted by molar-refractivity contribution is 5.75. The molecule has 0 radical (unpaired) electrons. The lowest BCUT2D eigenvalue weighted by atomic mass is 10.00. The van der Waals surface area contributed by atoms with E-state index in [9.17, 15) is 14.3 Å². The van der Waals surface area contributed by atoms with Gasteiger partial charge in [-0.3, -0.25) is 4.79 Å². The molecule has 0 aliphatic rings. The van der Waals surface area contributed by atoms with E-state index in [4.69, 9.17) is 9.47 Å². The van der Waals surface area contributed by atoms with Crippen molar-refractivity contribution in [2.45, 2.75) is 6.42 Å². The average molecular weight is 366 g/mol. The van der Waals surface area contributed by atoms with Crippen LogP contribution in [0, 0.1) is 11.7 Å². The normalized spacial score (nSPS) is 11.6. The van der Waals surface area contributed by atoms with Gasteiger partial charge in [0.1, 0.15) is 23.1 Å². The van der Waals surface area contributed by atoms with Gasteiger partial charge in [0.05, 0.1) is 12.5 Å². The molecule has 1 N–H and O–H groups in total. The molecule has 0 spiro atoms. The van der Waals surface area contributed by atoms with Crippen LogP contribution in [0.2, 0.25) is 0 Å². The van der Waals surface area contributed by atoms with Crippen molar-refractivity contribution in [2.24, 2.45) is 5.92 Å². The third-order valence-corrected chi connectivity index (χ3v) is 3.97. The van der Waals surface area contributed by atoms with Crippen LogP contribution in [-0.4, -0.2) is 17.7 Å². The summed E-state index contributed by atoms with van der Waals surface area (Å²) < 4.78 is 23.9. The van der Waals surface area contributed by atoms with Gasteiger partial charge in [-0.2, -0.15) is 0 Å². The molecule has 138 valence electrons. The molecule has 0 heterocycles. The van der Waals surface area contributed by atoms with Crippen LogP contribution in [0.5, 0.6) is 17.2 Å². The summed E-state index contributed by atoms with van der Waals surface area (Å²) in [4.78, 5) is 12.2. The molecule has 0 saturated heterocycles. The topological polar surface area (TPSA) is 55.8 Å². The first kappa shape index (κ1) is 18.6. The summed E-state index contributed by atoms with van der Waals surface area (Å²) in [6, 6.07) is 21.9. The first-order valence-corrected chi connectivity index (χ1v) is 8.54. The monoisotopic (exact) mass is 366 g/mol. The van der Waals surface area contributed by atoms with Crippen LogP contribution in [0.3, 0.4) is 0 Å². The predicted molar refractivity (Wildman–Crippen MR) is 99.3 cm³/mol. The number of carbonyl (C=O) groups excluding carboxylic acids is 1. The standard InChI is InChI=1S/C22H19FO4/c23-18-8-12-21(13-9-18)27-22(25)17(15-24)14-16-6-10-20(11-7-16)26-19-4-2-1-3-5-19/h1-13,17,24H,14-15H2. The molecule has 27 heavy (non-hydrogen) atoms. The minimum atomic E-state index is -0.712. The van der Waals surface area contributed by atoms with Crippen molar-refractivity contribution < 1.29 is 23.8 Å². The van der Waals surface area contributed by atoms with Gasteiger partial charge in [-0.15, -0.1) is 0 Å². The maximum atomic E-state index is 12.9. The molecule has 0 fully saturated rings. The van der Waals surface area contributed by atoms with Crippen LogP contribution in [0.4, 0.5) is 4.39 Å². The molecule has 1 unspecified atom stereocenters. The second-order valence-corrected chi connectivity index (χ2v) is 6.02. The number of esters is 1. The van der Waals surface area contributed by atoms with Gasteiger partial charge in [0.15, 0.2) is 0 Å². The number of hydrogen-bond acceptors (Lipinski definition) is 4. The third kappa shape index (κ3) is 5.39. The lowest BCUT2D eigenvalue weighted by Gasteiger charge is -2.14. The van der Waals surface area contributed by atoms with Gasteiger partial charge in [0.2, 0.25) is 0 Å². The summed E-state index contributed by atoms with van der Waals surface area (Å²) >= 11 is 0. The Labute approximate surface area is 156 Å². The number of benzene rings is 3. The number of hydrogen-bond donors (Lipinski definition) is 1. The number of ether oxygens (including phenoxy) is 2. The van der Waals surface area contributed by atoms with Gasteiger partial charge in [0, 0.05) is 0 Å². The molecule has 1 atom stereocenters. The Hall–Kier alpha value is -3.18. The van der Waals surface area contributed by atoms with Gasteiger partial charge in [0.25, 0.3) is 0 Å². The zero-order valence-electron chi connectivity index (χ0n) is 14.5. The lowest BCUT2D eigenvalue weighted by Crippen LogP contribution is -2.25. The number of halogens is 1. The smallest absolute Gasteiger partial charge is 0.317 e. The number of aliphatic hydroxyl groups excluding tert-OH is 1. The van der Waals surface area contributed by atoms with Gasteiger partial charge >= 0.3 is 5.97 Å². The Morgan fingerprint density at radius 2 is 1.44 bits per heavy atom. The Kier molecular flexibility index (Phi) is 6.18. The SMILES string of the molecule is O=C(Oc1ccc(F)cc1)C(CO)Cc1ccc(Oc2ccccc2)cc1. The molecule has 0 saturated carbocycles. The maximum Gasteiger partial charge on any atom is 0.317 e. The van der Waals surface area contributed by atoms with E-state index in [1.165, 1.54) is 24.3 Å². The molecule has 3 rings (SSSR count). The fraction of sp³-hybridized carbons (Fsp3) is 0.136. The van der Waals surface area contributed by atoms with E-state index >= 15 is 0 Å². The lowest BCUT2D eigenvalue weighted by molar-refractivity contribution is -0.140. The number of para-hydroxylation sites is 1. The molecule has 0 amide bonds. The first-order chi connectivity index (χ1) is 13.1. The van der Waals surface area contributed by atoms with E-state index in [0.717, 1.165) is 11.3 Å². The Balaban J connectivity index is 1.60. The third-order valence-electron chi connectivity index (χ3n) is 3.97. The minimum absolute atomic E-state index is 0.242. The number of aliphatic hydroxyl groups is 1. The zero-order chi connectivity index (χ0) is 19.1. The van der Waals surface area contributed by atoms with E-state index < -0.39 is 17.7 Å². The molecule has 3 aromatic carbocycles. The fourth-order valence-corrected chi connectivity index (χ4v) is 2.53. The highest BCUT2D eigenvalue weighted by atomic mass is 19.1. The summed E-state index contributed by atoms with van der Waals surface area (Å²) in [5, 5.41) is 9.54. The quantitative estimate of drug-likeness (QED) is 0.498. The van der Waals surface area contributed by atoms with Crippen LogP contribution < -0.4 is 9.47 Å². The van der Waals surface area contributed by atoms with Crippen LogP contribution in [0.15, 0.2) is 78.9 Å². The highest BCUT2D eigenvalue weighted by Gasteiger charge is 2.20. The van der Waals surface area contributed by atoms with E-state index in [0.29, 0.717) is 12.2 Å². The predicted octanol–water partition coefficient (Wildman–Crippen LogP) is 4.37. The number of carbonyl (C=O) groups is 1. The van der Waals surface area contributed by atoms with E-state index in [1.54, 1.807) is 0 Å². The summed E-state index contributed by atoms with van der Waals surface area (Å²) in [5.41, 5.74) is 0.866. The summed E-state index contributed by atoms with van der Waals surface area (Å²) in [6.07, 6.45) is 0.322.